The lowest BCUT2D eigenvalue weighted by atomic mass is 10.1. The van der Waals surface area contributed by atoms with Gasteiger partial charge in [0.1, 0.15) is 5.82 Å². The van der Waals surface area contributed by atoms with Crippen LogP contribution in [0.1, 0.15) is 16.7 Å². The molecule has 2 aromatic carbocycles. The van der Waals surface area contributed by atoms with Crippen LogP contribution < -0.4 is 9.62 Å². The largest absolute Gasteiger partial charge is 0.343 e. The second-order valence-electron chi connectivity index (χ2n) is 6.63. The van der Waals surface area contributed by atoms with Crippen molar-refractivity contribution >= 4 is 27.2 Å². The van der Waals surface area contributed by atoms with Gasteiger partial charge in [0, 0.05) is 12.7 Å². The molecule has 0 aliphatic heterocycles. The highest BCUT2D eigenvalue weighted by Gasteiger charge is 2.20. The minimum atomic E-state index is -3.70. The lowest BCUT2D eigenvalue weighted by molar-refractivity contribution is 0.600. The summed E-state index contributed by atoms with van der Waals surface area (Å²) < 4.78 is 28.3. The molecule has 0 unspecified atom stereocenters. The Bertz CT molecular complexity index is 1020. The Morgan fingerprint density at radius 1 is 0.889 bits per heavy atom. The average molecular weight is 382 g/mol. The SMILES string of the molecule is Cc1cc(C)c(S(=O)(=O)Nc2ccc(N(C)c3ccccc3)cn2)c(C)c1. The molecule has 0 spiro atoms. The van der Waals surface area contributed by atoms with Crippen LogP contribution in [0, 0.1) is 20.8 Å². The van der Waals surface area contributed by atoms with E-state index in [-0.39, 0.29) is 0 Å². The van der Waals surface area contributed by atoms with Crippen molar-refractivity contribution in [1.82, 2.24) is 4.98 Å². The molecule has 5 nitrogen and oxygen atoms in total. The number of hydrogen-bond acceptors (Lipinski definition) is 4. The summed E-state index contributed by atoms with van der Waals surface area (Å²) >= 11 is 0. The van der Waals surface area contributed by atoms with Crippen LogP contribution in [-0.2, 0) is 10.0 Å². The fraction of sp³-hybridized carbons (Fsp3) is 0.190. The van der Waals surface area contributed by atoms with Crippen molar-refractivity contribution in [2.45, 2.75) is 25.7 Å². The number of nitrogens with one attached hydrogen (secondary N) is 1. The monoisotopic (exact) mass is 381 g/mol. The molecule has 1 N–H and O–H groups in total. The highest BCUT2D eigenvalue weighted by molar-refractivity contribution is 7.92. The van der Waals surface area contributed by atoms with Gasteiger partial charge in [0.05, 0.1) is 16.8 Å². The molecule has 0 amide bonds. The minimum absolute atomic E-state index is 0.291. The van der Waals surface area contributed by atoms with Crippen LogP contribution in [0.5, 0.6) is 0 Å². The third kappa shape index (κ3) is 4.11. The number of benzene rings is 2. The van der Waals surface area contributed by atoms with Crippen LogP contribution in [0.3, 0.4) is 0 Å². The van der Waals surface area contributed by atoms with Crippen molar-refractivity contribution in [3.63, 3.8) is 0 Å². The van der Waals surface area contributed by atoms with Crippen molar-refractivity contribution in [3.8, 4) is 0 Å². The summed E-state index contributed by atoms with van der Waals surface area (Å²) in [5.41, 5.74) is 4.38. The zero-order valence-electron chi connectivity index (χ0n) is 15.9. The molecule has 0 atom stereocenters. The van der Waals surface area contributed by atoms with Gasteiger partial charge in [0.25, 0.3) is 10.0 Å². The molecular weight excluding hydrogens is 358 g/mol. The molecule has 0 bridgehead atoms. The van der Waals surface area contributed by atoms with Crippen LogP contribution in [0.2, 0.25) is 0 Å². The van der Waals surface area contributed by atoms with E-state index < -0.39 is 10.0 Å². The summed E-state index contributed by atoms with van der Waals surface area (Å²) in [6, 6.07) is 17.1. The summed E-state index contributed by atoms with van der Waals surface area (Å²) in [5.74, 6) is 0.291. The fourth-order valence-corrected chi connectivity index (χ4v) is 4.69. The van der Waals surface area contributed by atoms with E-state index >= 15 is 0 Å². The standard InChI is InChI=1S/C21H23N3O2S/c1-15-12-16(2)21(17(3)13-15)27(25,26)23-20-11-10-19(14-22-20)24(4)18-8-6-5-7-9-18/h5-14H,1-4H3,(H,22,23). The maximum absolute atomic E-state index is 12.8. The van der Waals surface area contributed by atoms with E-state index in [0.29, 0.717) is 10.7 Å². The summed E-state index contributed by atoms with van der Waals surface area (Å²) in [6.07, 6.45) is 1.65. The topological polar surface area (TPSA) is 62.3 Å². The van der Waals surface area contributed by atoms with Crippen LogP contribution in [-0.4, -0.2) is 20.4 Å². The number of sulfonamides is 1. The summed E-state index contributed by atoms with van der Waals surface area (Å²) in [7, 11) is -1.76. The molecule has 27 heavy (non-hydrogen) atoms. The van der Waals surface area contributed by atoms with E-state index in [0.717, 1.165) is 28.1 Å². The highest BCUT2D eigenvalue weighted by atomic mass is 32.2. The number of para-hydroxylation sites is 1. The predicted molar refractivity (Wildman–Crippen MR) is 110 cm³/mol. The van der Waals surface area contributed by atoms with Crippen LogP contribution in [0.15, 0.2) is 65.7 Å². The van der Waals surface area contributed by atoms with Gasteiger partial charge >= 0.3 is 0 Å². The maximum atomic E-state index is 12.8. The first kappa shape index (κ1) is 18.9. The highest BCUT2D eigenvalue weighted by Crippen LogP contribution is 2.26. The van der Waals surface area contributed by atoms with E-state index in [1.807, 2.05) is 67.4 Å². The molecule has 140 valence electrons. The first-order valence-corrected chi connectivity index (χ1v) is 10.1. The molecule has 6 heteroatoms. The average Bonchev–Trinajstić information content (AvgIpc) is 2.61. The number of pyridine rings is 1. The molecule has 1 aromatic heterocycles. The number of hydrogen-bond donors (Lipinski definition) is 1. The number of anilines is 3. The smallest absolute Gasteiger partial charge is 0.263 e. The van der Waals surface area contributed by atoms with E-state index in [1.54, 1.807) is 26.1 Å². The molecule has 0 aliphatic rings. The van der Waals surface area contributed by atoms with E-state index in [9.17, 15) is 8.42 Å². The number of nitrogens with zero attached hydrogens (tertiary/aromatic N) is 2. The van der Waals surface area contributed by atoms with Gasteiger partial charge < -0.3 is 4.90 Å². The molecule has 0 saturated heterocycles. The Morgan fingerprint density at radius 3 is 2.07 bits per heavy atom. The normalized spacial score (nSPS) is 11.3. The summed E-state index contributed by atoms with van der Waals surface area (Å²) in [4.78, 5) is 6.57. The predicted octanol–water partition coefficient (Wildman–Crippen LogP) is 4.58. The molecule has 0 saturated carbocycles. The second-order valence-corrected chi connectivity index (χ2v) is 8.25. The number of aromatic nitrogens is 1. The van der Waals surface area contributed by atoms with Gasteiger partial charge in [-0.25, -0.2) is 13.4 Å². The van der Waals surface area contributed by atoms with E-state index in [2.05, 4.69) is 9.71 Å². The van der Waals surface area contributed by atoms with Crippen LogP contribution >= 0.6 is 0 Å². The number of aryl methyl sites for hydroxylation is 3. The van der Waals surface area contributed by atoms with Crippen molar-refractivity contribution < 1.29 is 8.42 Å². The number of rotatable bonds is 5. The summed E-state index contributed by atoms with van der Waals surface area (Å²) in [6.45, 7) is 5.56. The Labute approximate surface area is 160 Å². The Morgan fingerprint density at radius 2 is 1.52 bits per heavy atom. The fourth-order valence-electron chi connectivity index (χ4n) is 3.22. The Balaban J connectivity index is 1.84. The molecular formula is C21H23N3O2S. The van der Waals surface area contributed by atoms with Gasteiger partial charge in [0.2, 0.25) is 0 Å². The first-order chi connectivity index (χ1) is 12.8. The summed E-state index contributed by atoms with van der Waals surface area (Å²) in [5, 5.41) is 0. The second kappa shape index (κ2) is 7.40. The molecule has 1 heterocycles. The van der Waals surface area contributed by atoms with E-state index in [4.69, 9.17) is 0 Å². The molecule has 3 aromatic rings. The zero-order chi connectivity index (χ0) is 19.6. The van der Waals surface area contributed by atoms with Gasteiger partial charge in [-0.1, -0.05) is 35.9 Å². The third-order valence-corrected chi connectivity index (χ3v) is 6.05. The van der Waals surface area contributed by atoms with Gasteiger partial charge in [-0.2, -0.15) is 0 Å². The zero-order valence-corrected chi connectivity index (χ0v) is 16.7. The van der Waals surface area contributed by atoms with E-state index in [1.165, 1.54) is 0 Å². The third-order valence-electron chi connectivity index (χ3n) is 4.39. The van der Waals surface area contributed by atoms with Crippen molar-refractivity contribution in [3.05, 3.63) is 77.5 Å². The van der Waals surface area contributed by atoms with Gasteiger partial charge in [-0.15, -0.1) is 0 Å². The van der Waals surface area contributed by atoms with Crippen LogP contribution in [0.4, 0.5) is 17.2 Å². The quantitative estimate of drug-likeness (QED) is 0.703. The molecule has 0 radical (unpaired) electrons. The van der Waals surface area contributed by atoms with Crippen molar-refractivity contribution in [2.24, 2.45) is 0 Å². The lowest BCUT2D eigenvalue weighted by Crippen LogP contribution is -2.17. The lowest BCUT2D eigenvalue weighted by Gasteiger charge is -2.19. The minimum Gasteiger partial charge on any atom is -0.343 e. The maximum Gasteiger partial charge on any atom is 0.263 e. The van der Waals surface area contributed by atoms with Gasteiger partial charge in [0.15, 0.2) is 0 Å². The Hall–Kier alpha value is -2.86. The van der Waals surface area contributed by atoms with Gasteiger partial charge in [-0.3, -0.25) is 4.72 Å². The van der Waals surface area contributed by atoms with Crippen LogP contribution in [0.25, 0.3) is 0 Å². The first-order valence-electron chi connectivity index (χ1n) is 8.63. The van der Waals surface area contributed by atoms with Gasteiger partial charge in [-0.05, 0) is 56.2 Å². The van der Waals surface area contributed by atoms with Crippen molar-refractivity contribution in [2.75, 3.05) is 16.7 Å². The molecule has 3 rings (SSSR count). The molecule has 0 fully saturated rings. The Kier molecular flexibility index (Phi) is 5.19. The molecule has 0 aliphatic carbocycles. The van der Waals surface area contributed by atoms with Crippen molar-refractivity contribution in [1.29, 1.82) is 0 Å².